The van der Waals surface area contributed by atoms with E-state index in [1.165, 1.54) is 11.9 Å². The third kappa shape index (κ3) is 8.51. The van der Waals surface area contributed by atoms with Crippen molar-refractivity contribution in [3.63, 3.8) is 0 Å². The summed E-state index contributed by atoms with van der Waals surface area (Å²) in [5.41, 5.74) is 0. The van der Waals surface area contributed by atoms with E-state index in [2.05, 4.69) is 5.32 Å². The number of nitrogens with one attached hydrogen (secondary N) is 1. The lowest BCUT2D eigenvalue weighted by Crippen LogP contribution is -2.42. The number of amides is 3. The first kappa shape index (κ1) is 16.4. The van der Waals surface area contributed by atoms with Gasteiger partial charge in [0.2, 0.25) is 5.91 Å². The number of carbonyl (C=O) groups is 3. The fourth-order valence-corrected chi connectivity index (χ4v) is 1.02. The Kier molecular flexibility index (Phi) is 7.69. The third-order valence-corrected chi connectivity index (χ3v) is 2.04. The second kappa shape index (κ2) is 8.46. The molecule has 0 radical (unpaired) electrons. The Bertz CT molecular complexity index is 304. The van der Waals surface area contributed by atoms with Gasteiger partial charge in [-0.05, 0) is 13.8 Å². The van der Waals surface area contributed by atoms with E-state index in [1.54, 1.807) is 0 Å². The summed E-state index contributed by atoms with van der Waals surface area (Å²) >= 11 is 0. The number of carbonyl (C=O) groups excluding carboxylic acids is 2. The highest BCUT2D eigenvalue weighted by atomic mass is 16.5. The normalized spacial score (nSPS) is 10.2. The molecule has 0 aliphatic rings. The molecule has 0 aromatic carbocycles. The molecule has 0 heterocycles. The number of hydrogen-bond acceptors (Lipinski definition) is 4. The maximum atomic E-state index is 11.5. The summed E-state index contributed by atoms with van der Waals surface area (Å²) in [6.07, 6.45) is -0.421. The molecular formula is C11H20N2O5. The van der Waals surface area contributed by atoms with Gasteiger partial charge < -0.3 is 14.7 Å². The zero-order valence-corrected chi connectivity index (χ0v) is 10.9. The van der Waals surface area contributed by atoms with Gasteiger partial charge in [0, 0.05) is 20.0 Å². The summed E-state index contributed by atoms with van der Waals surface area (Å²) in [4.78, 5) is 34.2. The molecule has 7 nitrogen and oxygen atoms in total. The van der Waals surface area contributed by atoms with Crippen molar-refractivity contribution in [2.45, 2.75) is 32.8 Å². The average molecular weight is 260 g/mol. The van der Waals surface area contributed by atoms with E-state index in [4.69, 9.17) is 9.84 Å². The molecule has 0 aromatic heterocycles. The monoisotopic (exact) mass is 260 g/mol. The lowest BCUT2D eigenvalue weighted by molar-refractivity contribution is -0.138. The molecule has 18 heavy (non-hydrogen) atoms. The highest BCUT2D eigenvalue weighted by Gasteiger charge is 2.13. The summed E-state index contributed by atoms with van der Waals surface area (Å²) in [6.45, 7) is 4.51. The van der Waals surface area contributed by atoms with Gasteiger partial charge >= 0.3 is 12.0 Å². The van der Waals surface area contributed by atoms with Crippen LogP contribution in [-0.2, 0) is 14.3 Å². The SMILES string of the molecule is CC(C)OCCN(C)C(=O)NC(=O)CCC(=O)O. The number of aliphatic carboxylic acids is 1. The summed E-state index contributed by atoms with van der Waals surface area (Å²) in [5.74, 6) is -1.67. The Morgan fingerprint density at radius 2 is 1.89 bits per heavy atom. The summed E-state index contributed by atoms with van der Waals surface area (Å²) < 4.78 is 5.26. The molecule has 3 amide bonds. The number of hydrogen-bond donors (Lipinski definition) is 2. The lowest BCUT2D eigenvalue weighted by atomic mass is 10.3. The van der Waals surface area contributed by atoms with Crippen LogP contribution in [0.25, 0.3) is 0 Å². The van der Waals surface area contributed by atoms with Crippen LogP contribution < -0.4 is 5.32 Å². The van der Waals surface area contributed by atoms with Crippen molar-refractivity contribution >= 4 is 17.9 Å². The van der Waals surface area contributed by atoms with Crippen molar-refractivity contribution in [2.24, 2.45) is 0 Å². The van der Waals surface area contributed by atoms with E-state index in [0.29, 0.717) is 13.2 Å². The van der Waals surface area contributed by atoms with Crippen LogP contribution in [0.4, 0.5) is 4.79 Å². The molecule has 0 bridgehead atoms. The first-order valence-corrected chi connectivity index (χ1v) is 5.71. The van der Waals surface area contributed by atoms with Gasteiger partial charge in [-0.15, -0.1) is 0 Å². The minimum Gasteiger partial charge on any atom is -0.481 e. The van der Waals surface area contributed by atoms with Crippen molar-refractivity contribution in [1.82, 2.24) is 10.2 Å². The van der Waals surface area contributed by atoms with Crippen molar-refractivity contribution in [3.05, 3.63) is 0 Å². The first-order valence-electron chi connectivity index (χ1n) is 5.71. The Balaban J connectivity index is 3.85. The van der Waals surface area contributed by atoms with Crippen LogP contribution in [0.5, 0.6) is 0 Å². The standard InChI is InChI=1S/C11H20N2O5/c1-8(2)18-7-6-13(3)11(17)12-9(14)4-5-10(15)16/h8H,4-7H2,1-3H3,(H,15,16)(H,12,14,17). The molecule has 0 fully saturated rings. The van der Waals surface area contributed by atoms with Crippen LogP contribution in [-0.4, -0.2) is 54.2 Å². The molecule has 0 aliphatic carbocycles. The second-order valence-corrected chi connectivity index (χ2v) is 4.09. The van der Waals surface area contributed by atoms with Gasteiger partial charge in [-0.25, -0.2) is 4.79 Å². The van der Waals surface area contributed by atoms with Crippen LogP contribution in [0, 0.1) is 0 Å². The van der Waals surface area contributed by atoms with Crippen molar-refractivity contribution < 1.29 is 24.2 Å². The maximum absolute atomic E-state index is 11.5. The van der Waals surface area contributed by atoms with Gasteiger partial charge in [0.25, 0.3) is 0 Å². The highest BCUT2D eigenvalue weighted by Crippen LogP contribution is 1.92. The molecule has 104 valence electrons. The Morgan fingerprint density at radius 1 is 1.28 bits per heavy atom. The Labute approximate surface area is 106 Å². The summed E-state index contributed by atoms with van der Waals surface area (Å²) in [5, 5.41) is 10.5. The Morgan fingerprint density at radius 3 is 2.39 bits per heavy atom. The predicted molar refractivity (Wildman–Crippen MR) is 64.1 cm³/mol. The predicted octanol–water partition coefficient (Wildman–Crippen LogP) is 0.444. The van der Waals surface area contributed by atoms with E-state index in [-0.39, 0.29) is 18.9 Å². The molecule has 0 unspecified atom stereocenters. The average Bonchev–Trinajstić information content (AvgIpc) is 2.25. The molecular weight excluding hydrogens is 240 g/mol. The number of carboxylic acid groups (broad SMARTS) is 1. The molecule has 0 aromatic rings. The highest BCUT2D eigenvalue weighted by molar-refractivity contribution is 5.95. The largest absolute Gasteiger partial charge is 0.481 e. The first-order chi connectivity index (χ1) is 8.32. The van der Waals surface area contributed by atoms with E-state index < -0.39 is 17.9 Å². The van der Waals surface area contributed by atoms with E-state index in [9.17, 15) is 14.4 Å². The molecule has 0 spiro atoms. The molecule has 0 rings (SSSR count). The zero-order chi connectivity index (χ0) is 14.1. The molecule has 0 saturated carbocycles. The van der Waals surface area contributed by atoms with Gasteiger partial charge in [-0.2, -0.15) is 0 Å². The molecule has 0 saturated heterocycles. The van der Waals surface area contributed by atoms with Crippen molar-refractivity contribution in [1.29, 1.82) is 0 Å². The van der Waals surface area contributed by atoms with E-state index in [0.717, 1.165) is 0 Å². The summed E-state index contributed by atoms with van der Waals surface area (Å²) in [7, 11) is 1.53. The molecule has 7 heteroatoms. The molecule has 0 atom stereocenters. The van der Waals surface area contributed by atoms with Gasteiger partial charge in [0.1, 0.15) is 0 Å². The molecule has 2 N–H and O–H groups in total. The topological polar surface area (TPSA) is 95.9 Å². The van der Waals surface area contributed by atoms with Crippen molar-refractivity contribution in [2.75, 3.05) is 20.2 Å². The number of ether oxygens (including phenoxy) is 1. The minimum absolute atomic E-state index is 0.0821. The minimum atomic E-state index is -1.07. The number of rotatable bonds is 7. The fraction of sp³-hybridized carbons (Fsp3) is 0.727. The number of urea groups is 1. The fourth-order valence-electron chi connectivity index (χ4n) is 1.02. The van der Waals surface area contributed by atoms with Crippen LogP contribution >= 0.6 is 0 Å². The number of likely N-dealkylation sites (N-methyl/N-ethyl adjacent to an activating group) is 1. The smallest absolute Gasteiger partial charge is 0.323 e. The quantitative estimate of drug-likeness (QED) is 0.692. The van der Waals surface area contributed by atoms with E-state index in [1.807, 2.05) is 13.8 Å². The molecule has 0 aliphatic heterocycles. The van der Waals surface area contributed by atoms with Crippen molar-refractivity contribution in [3.8, 4) is 0 Å². The number of nitrogens with zero attached hydrogens (tertiary/aromatic N) is 1. The van der Waals surface area contributed by atoms with E-state index >= 15 is 0 Å². The van der Waals surface area contributed by atoms with Crippen LogP contribution in [0.3, 0.4) is 0 Å². The van der Waals surface area contributed by atoms with Crippen LogP contribution in [0.2, 0.25) is 0 Å². The summed E-state index contributed by atoms with van der Waals surface area (Å²) in [6, 6.07) is -0.558. The number of carboxylic acids is 1. The van der Waals surface area contributed by atoms with Gasteiger partial charge in [0.15, 0.2) is 0 Å². The zero-order valence-electron chi connectivity index (χ0n) is 10.9. The maximum Gasteiger partial charge on any atom is 0.323 e. The van der Waals surface area contributed by atoms with Crippen LogP contribution in [0.1, 0.15) is 26.7 Å². The number of imide groups is 1. The van der Waals surface area contributed by atoms with Gasteiger partial charge in [0.05, 0.1) is 19.1 Å². The Hall–Kier alpha value is -1.63. The van der Waals surface area contributed by atoms with Gasteiger partial charge in [-0.1, -0.05) is 0 Å². The lowest BCUT2D eigenvalue weighted by Gasteiger charge is -2.18. The second-order valence-electron chi connectivity index (χ2n) is 4.09. The third-order valence-electron chi connectivity index (χ3n) is 2.04. The van der Waals surface area contributed by atoms with Gasteiger partial charge in [-0.3, -0.25) is 14.9 Å². The van der Waals surface area contributed by atoms with Crippen LogP contribution in [0.15, 0.2) is 0 Å².